The molecule has 1 aromatic heterocycles. The number of thiophene rings is 1. The molecule has 19 heavy (non-hydrogen) atoms. The van der Waals surface area contributed by atoms with Crippen LogP contribution in [0, 0.1) is 0 Å². The molecule has 3 nitrogen and oxygen atoms in total. The number of rotatable bonds is 3. The van der Waals surface area contributed by atoms with E-state index in [0.717, 1.165) is 11.3 Å². The van der Waals surface area contributed by atoms with E-state index in [1.807, 2.05) is 0 Å². The highest BCUT2D eigenvalue weighted by Crippen LogP contribution is 2.36. The van der Waals surface area contributed by atoms with Crippen molar-refractivity contribution in [2.75, 3.05) is 4.72 Å². The zero-order valence-electron chi connectivity index (χ0n) is 8.95. The van der Waals surface area contributed by atoms with Gasteiger partial charge < -0.3 is 0 Å². The average molecular weight is 466 g/mol. The van der Waals surface area contributed by atoms with Crippen LogP contribution in [0.2, 0.25) is 10.0 Å². The van der Waals surface area contributed by atoms with Crippen molar-refractivity contribution in [1.82, 2.24) is 0 Å². The summed E-state index contributed by atoms with van der Waals surface area (Å²) in [4.78, 5) is 0. The van der Waals surface area contributed by atoms with E-state index < -0.39 is 10.0 Å². The zero-order chi connectivity index (χ0) is 14.2. The van der Waals surface area contributed by atoms with Gasteiger partial charge in [0.05, 0.1) is 14.5 Å². The molecule has 1 aromatic carbocycles. The molecule has 0 unspecified atom stereocenters. The van der Waals surface area contributed by atoms with Crippen molar-refractivity contribution in [2.45, 2.75) is 4.21 Å². The third-order valence-corrected chi connectivity index (χ3v) is 7.30. The highest BCUT2D eigenvalue weighted by molar-refractivity contribution is 9.11. The van der Waals surface area contributed by atoms with Gasteiger partial charge in [0.2, 0.25) is 0 Å². The zero-order valence-corrected chi connectivity index (χ0v) is 15.3. The van der Waals surface area contributed by atoms with Crippen molar-refractivity contribution in [1.29, 1.82) is 0 Å². The van der Waals surface area contributed by atoms with Crippen LogP contribution in [0.3, 0.4) is 0 Å². The van der Waals surface area contributed by atoms with Crippen LogP contribution in [0.1, 0.15) is 0 Å². The summed E-state index contributed by atoms with van der Waals surface area (Å²) in [7, 11) is -3.69. The van der Waals surface area contributed by atoms with E-state index in [-0.39, 0.29) is 4.21 Å². The van der Waals surface area contributed by atoms with E-state index in [1.165, 1.54) is 12.1 Å². The fraction of sp³-hybridized carbons (Fsp3) is 0. The molecular weight excluding hydrogens is 461 g/mol. The molecule has 0 saturated carbocycles. The molecule has 9 heteroatoms. The summed E-state index contributed by atoms with van der Waals surface area (Å²) in [6, 6.07) is 6.23. The van der Waals surface area contributed by atoms with Crippen molar-refractivity contribution in [3.05, 3.63) is 42.6 Å². The molecule has 0 aliphatic heterocycles. The van der Waals surface area contributed by atoms with Crippen LogP contribution in [0.15, 0.2) is 36.7 Å². The third kappa shape index (κ3) is 3.65. The molecule has 0 atom stereocenters. The lowest BCUT2D eigenvalue weighted by molar-refractivity contribution is 0.603. The molecule has 0 amide bonds. The standard InChI is InChI=1S/C10H5Br2Cl2NO2S2/c11-6-2-1-5(13)3-8(6)15-19(16,17)9-4-7(14)10(12)18-9/h1-4,15H. The Morgan fingerprint density at radius 2 is 1.84 bits per heavy atom. The second-order valence-electron chi connectivity index (χ2n) is 3.42. The SMILES string of the molecule is O=S(=O)(Nc1cc(Cl)ccc1Br)c1cc(Cl)c(Br)s1. The molecule has 2 aromatic rings. The van der Waals surface area contributed by atoms with Gasteiger partial charge in [0, 0.05) is 9.50 Å². The van der Waals surface area contributed by atoms with Gasteiger partial charge >= 0.3 is 0 Å². The first-order valence-electron chi connectivity index (χ1n) is 4.72. The number of hydrogen-bond acceptors (Lipinski definition) is 3. The van der Waals surface area contributed by atoms with Crippen molar-refractivity contribution in [2.24, 2.45) is 0 Å². The average Bonchev–Trinajstić information content (AvgIpc) is 2.65. The topological polar surface area (TPSA) is 46.2 Å². The summed E-state index contributed by atoms with van der Waals surface area (Å²) < 4.78 is 28.1. The summed E-state index contributed by atoms with van der Waals surface area (Å²) in [5.74, 6) is 0. The van der Waals surface area contributed by atoms with E-state index in [9.17, 15) is 8.42 Å². The molecule has 0 spiro atoms. The van der Waals surface area contributed by atoms with E-state index in [1.54, 1.807) is 12.1 Å². The molecule has 0 bridgehead atoms. The highest BCUT2D eigenvalue weighted by Gasteiger charge is 2.20. The lowest BCUT2D eigenvalue weighted by atomic mass is 10.3. The maximum absolute atomic E-state index is 12.2. The molecule has 0 radical (unpaired) electrons. The van der Waals surface area contributed by atoms with Crippen molar-refractivity contribution >= 4 is 82.1 Å². The van der Waals surface area contributed by atoms with Crippen LogP contribution < -0.4 is 4.72 Å². The minimum atomic E-state index is -3.69. The van der Waals surface area contributed by atoms with Crippen LogP contribution >= 0.6 is 66.4 Å². The Morgan fingerprint density at radius 1 is 1.16 bits per heavy atom. The first kappa shape index (κ1) is 15.6. The first-order valence-corrected chi connectivity index (χ1v) is 9.36. The molecule has 1 heterocycles. The minimum Gasteiger partial charge on any atom is -0.278 e. The maximum Gasteiger partial charge on any atom is 0.271 e. The molecule has 0 saturated heterocycles. The Balaban J connectivity index is 2.39. The Bertz CT molecular complexity index is 712. The molecule has 102 valence electrons. The van der Waals surface area contributed by atoms with Crippen molar-refractivity contribution < 1.29 is 8.42 Å². The van der Waals surface area contributed by atoms with Gasteiger partial charge in [-0.3, -0.25) is 4.72 Å². The highest BCUT2D eigenvalue weighted by atomic mass is 79.9. The number of halogens is 4. The lowest BCUT2D eigenvalue weighted by Crippen LogP contribution is -2.11. The number of sulfonamides is 1. The maximum atomic E-state index is 12.2. The summed E-state index contributed by atoms with van der Waals surface area (Å²) in [6.45, 7) is 0. The number of benzene rings is 1. The van der Waals surface area contributed by atoms with Crippen LogP contribution in [0.25, 0.3) is 0 Å². The third-order valence-electron chi connectivity index (χ3n) is 2.06. The van der Waals surface area contributed by atoms with E-state index in [2.05, 4.69) is 36.6 Å². The summed E-state index contributed by atoms with van der Waals surface area (Å²) >= 11 is 19.2. The molecule has 2 rings (SSSR count). The van der Waals surface area contributed by atoms with Gasteiger partial charge in [-0.15, -0.1) is 11.3 Å². The summed E-state index contributed by atoms with van der Waals surface area (Å²) in [6.07, 6.45) is 0. The smallest absolute Gasteiger partial charge is 0.271 e. The largest absolute Gasteiger partial charge is 0.278 e. The Hall–Kier alpha value is 0.210. The minimum absolute atomic E-state index is 0.122. The number of hydrogen-bond donors (Lipinski definition) is 1. The van der Waals surface area contributed by atoms with E-state index in [4.69, 9.17) is 23.2 Å². The quantitative estimate of drug-likeness (QED) is 0.661. The molecule has 0 aliphatic carbocycles. The lowest BCUT2D eigenvalue weighted by Gasteiger charge is -2.08. The second-order valence-corrected chi connectivity index (χ2v) is 9.39. The number of anilines is 1. The fourth-order valence-corrected chi connectivity index (χ4v) is 5.35. The van der Waals surface area contributed by atoms with Gasteiger partial charge in [0.15, 0.2) is 0 Å². The Labute approximate surface area is 141 Å². The molecule has 1 N–H and O–H groups in total. The molecule has 0 fully saturated rings. The van der Waals surface area contributed by atoms with Crippen LogP contribution in [0.4, 0.5) is 5.69 Å². The fourth-order valence-electron chi connectivity index (χ4n) is 1.23. The number of nitrogens with one attached hydrogen (secondary N) is 1. The summed E-state index contributed by atoms with van der Waals surface area (Å²) in [5.41, 5.74) is 0.369. The first-order chi connectivity index (χ1) is 8.79. The van der Waals surface area contributed by atoms with E-state index in [0.29, 0.717) is 24.0 Å². The normalized spacial score (nSPS) is 11.6. The van der Waals surface area contributed by atoms with Crippen LogP contribution in [-0.2, 0) is 10.0 Å². The van der Waals surface area contributed by atoms with Gasteiger partial charge in [-0.05, 0) is 56.1 Å². The predicted octanol–water partition coefficient (Wildman–Crippen LogP) is 5.38. The Kier molecular flexibility index (Phi) is 4.85. The van der Waals surface area contributed by atoms with Crippen LogP contribution in [0.5, 0.6) is 0 Å². The van der Waals surface area contributed by atoms with Gasteiger partial charge in [0.1, 0.15) is 4.21 Å². The monoisotopic (exact) mass is 463 g/mol. The van der Waals surface area contributed by atoms with Gasteiger partial charge in [-0.25, -0.2) is 8.42 Å². The Morgan fingerprint density at radius 3 is 2.42 bits per heavy atom. The second kappa shape index (κ2) is 5.91. The van der Waals surface area contributed by atoms with E-state index >= 15 is 0 Å². The van der Waals surface area contributed by atoms with Crippen molar-refractivity contribution in [3.63, 3.8) is 0 Å². The van der Waals surface area contributed by atoms with Gasteiger partial charge in [0.25, 0.3) is 10.0 Å². The predicted molar refractivity (Wildman–Crippen MR) is 87.0 cm³/mol. The van der Waals surface area contributed by atoms with Crippen molar-refractivity contribution in [3.8, 4) is 0 Å². The summed E-state index contributed by atoms with van der Waals surface area (Å²) in [5, 5.41) is 0.793. The van der Waals surface area contributed by atoms with Gasteiger partial charge in [-0.2, -0.15) is 0 Å². The molecular formula is C10H5Br2Cl2NO2S2. The molecule has 0 aliphatic rings. The van der Waals surface area contributed by atoms with Crippen LogP contribution in [-0.4, -0.2) is 8.42 Å². The van der Waals surface area contributed by atoms with Gasteiger partial charge in [-0.1, -0.05) is 23.2 Å².